The molecule has 24 heavy (non-hydrogen) atoms. The molecule has 3 rings (SSSR count). The monoisotopic (exact) mass is 323 g/mol. The molecular formula is C20H25N3O. The molecular weight excluding hydrogens is 298 g/mol. The van der Waals surface area contributed by atoms with E-state index < -0.39 is 0 Å². The van der Waals surface area contributed by atoms with Gasteiger partial charge in [0.05, 0.1) is 17.4 Å². The van der Waals surface area contributed by atoms with E-state index in [9.17, 15) is 4.79 Å². The fourth-order valence-electron chi connectivity index (χ4n) is 3.14. The second-order valence-corrected chi connectivity index (χ2v) is 6.79. The van der Waals surface area contributed by atoms with Crippen molar-refractivity contribution >= 4 is 11.6 Å². The fourth-order valence-corrected chi connectivity index (χ4v) is 3.14. The Morgan fingerprint density at radius 1 is 1.29 bits per heavy atom. The zero-order valence-corrected chi connectivity index (χ0v) is 14.5. The number of hydrogen-bond donors (Lipinski definition) is 1. The number of aromatic nitrogens is 1. The van der Waals surface area contributed by atoms with Crippen molar-refractivity contribution in [2.75, 3.05) is 18.0 Å². The summed E-state index contributed by atoms with van der Waals surface area (Å²) in [5.41, 5.74) is 3.99. The predicted octanol–water partition coefficient (Wildman–Crippen LogP) is 3.56. The Hall–Kier alpha value is -2.36. The normalized spacial score (nSPS) is 17.6. The molecule has 1 atom stereocenters. The zero-order chi connectivity index (χ0) is 16.9. The van der Waals surface area contributed by atoms with Crippen LogP contribution in [0.5, 0.6) is 0 Å². The maximum atomic E-state index is 12.4. The number of nitrogens with one attached hydrogen (secondary N) is 1. The predicted molar refractivity (Wildman–Crippen MR) is 97.2 cm³/mol. The second-order valence-electron chi connectivity index (χ2n) is 6.79. The van der Waals surface area contributed by atoms with Gasteiger partial charge in [-0.05, 0) is 37.3 Å². The van der Waals surface area contributed by atoms with E-state index in [1.807, 2.05) is 24.4 Å². The van der Waals surface area contributed by atoms with Crippen molar-refractivity contribution in [3.05, 3.63) is 59.4 Å². The topological polar surface area (TPSA) is 45.2 Å². The summed E-state index contributed by atoms with van der Waals surface area (Å²) in [6.07, 6.45) is 5.97. The van der Waals surface area contributed by atoms with Crippen molar-refractivity contribution in [1.82, 2.24) is 10.3 Å². The Bertz CT molecular complexity index is 696. The first-order chi connectivity index (χ1) is 11.6. The molecule has 1 aliphatic heterocycles. The average Bonchev–Trinajstić information content (AvgIpc) is 2.61. The van der Waals surface area contributed by atoms with Gasteiger partial charge >= 0.3 is 0 Å². The first kappa shape index (κ1) is 16.5. The van der Waals surface area contributed by atoms with Crippen LogP contribution >= 0.6 is 0 Å². The average molecular weight is 323 g/mol. The maximum absolute atomic E-state index is 12.4. The quantitative estimate of drug-likeness (QED) is 0.936. The summed E-state index contributed by atoms with van der Waals surface area (Å²) < 4.78 is 0. The minimum absolute atomic E-state index is 0.0741. The van der Waals surface area contributed by atoms with Crippen LogP contribution in [0, 0.1) is 12.8 Å². The summed E-state index contributed by atoms with van der Waals surface area (Å²) in [7, 11) is 0. The lowest BCUT2D eigenvalue weighted by Crippen LogP contribution is -2.34. The van der Waals surface area contributed by atoms with Gasteiger partial charge in [-0.2, -0.15) is 0 Å². The van der Waals surface area contributed by atoms with Gasteiger partial charge < -0.3 is 10.2 Å². The molecule has 0 aliphatic carbocycles. The summed E-state index contributed by atoms with van der Waals surface area (Å²) in [5, 5.41) is 2.98. The van der Waals surface area contributed by atoms with Crippen LogP contribution < -0.4 is 10.2 Å². The first-order valence-corrected chi connectivity index (χ1v) is 8.65. The number of carbonyl (C=O) groups is 1. The standard InChI is InChI=1S/C20H25N3O/c1-15-5-7-17(8-6-15)11-22-20(24)18-10-19(13-21-12-18)23-9-3-4-16(2)14-23/h5-8,10,12-13,16H,3-4,9,11,14H2,1-2H3,(H,22,24). The Balaban J connectivity index is 1.64. The smallest absolute Gasteiger partial charge is 0.253 e. The number of pyridine rings is 1. The molecule has 1 fully saturated rings. The molecule has 2 aromatic rings. The number of anilines is 1. The molecule has 1 aliphatic rings. The van der Waals surface area contributed by atoms with Crippen molar-refractivity contribution in [1.29, 1.82) is 0 Å². The highest BCUT2D eigenvalue weighted by atomic mass is 16.1. The molecule has 0 spiro atoms. The van der Waals surface area contributed by atoms with E-state index in [0.29, 0.717) is 18.0 Å². The Kier molecular flexibility index (Phi) is 5.14. The molecule has 0 bridgehead atoms. The zero-order valence-electron chi connectivity index (χ0n) is 14.5. The molecule has 1 saturated heterocycles. The number of aryl methyl sites for hydroxylation is 1. The van der Waals surface area contributed by atoms with Crippen LogP contribution in [0.3, 0.4) is 0 Å². The summed E-state index contributed by atoms with van der Waals surface area (Å²) in [6, 6.07) is 10.1. The molecule has 1 amide bonds. The molecule has 4 nitrogen and oxygen atoms in total. The molecule has 2 heterocycles. The molecule has 126 valence electrons. The maximum Gasteiger partial charge on any atom is 0.253 e. The van der Waals surface area contributed by atoms with Crippen molar-refractivity contribution < 1.29 is 4.79 Å². The van der Waals surface area contributed by atoms with Gasteiger partial charge in [0.1, 0.15) is 0 Å². The second kappa shape index (κ2) is 7.47. The molecule has 1 unspecified atom stereocenters. The van der Waals surface area contributed by atoms with E-state index in [1.54, 1.807) is 6.20 Å². The van der Waals surface area contributed by atoms with Gasteiger partial charge in [0, 0.05) is 25.8 Å². The van der Waals surface area contributed by atoms with Gasteiger partial charge in [0.15, 0.2) is 0 Å². The number of rotatable bonds is 4. The highest BCUT2D eigenvalue weighted by Crippen LogP contribution is 2.22. The minimum Gasteiger partial charge on any atom is -0.370 e. The summed E-state index contributed by atoms with van der Waals surface area (Å²) in [6.45, 7) is 6.94. The Labute approximate surface area is 143 Å². The number of amides is 1. The summed E-state index contributed by atoms with van der Waals surface area (Å²) >= 11 is 0. The van der Waals surface area contributed by atoms with Crippen LogP contribution in [0.1, 0.15) is 41.3 Å². The van der Waals surface area contributed by atoms with E-state index in [-0.39, 0.29) is 5.91 Å². The molecule has 1 aromatic heterocycles. The van der Waals surface area contributed by atoms with E-state index in [2.05, 4.69) is 41.2 Å². The summed E-state index contributed by atoms with van der Waals surface area (Å²) in [5.74, 6) is 0.618. The van der Waals surface area contributed by atoms with Crippen molar-refractivity contribution in [3.8, 4) is 0 Å². The molecule has 0 saturated carbocycles. The lowest BCUT2D eigenvalue weighted by Gasteiger charge is -2.32. The largest absolute Gasteiger partial charge is 0.370 e. The van der Waals surface area contributed by atoms with Crippen LogP contribution in [-0.2, 0) is 6.54 Å². The van der Waals surface area contributed by atoms with Crippen LogP contribution in [-0.4, -0.2) is 24.0 Å². The van der Waals surface area contributed by atoms with Crippen LogP contribution in [0.2, 0.25) is 0 Å². The Morgan fingerprint density at radius 2 is 2.08 bits per heavy atom. The third-order valence-electron chi connectivity index (χ3n) is 4.58. The number of carbonyl (C=O) groups excluding carboxylic acids is 1. The first-order valence-electron chi connectivity index (χ1n) is 8.65. The van der Waals surface area contributed by atoms with E-state index >= 15 is 0 Å². The van der Waals surface area contributed by atoms with E-state index in [4.69, 9.17) is 0 Å². The molecule has 0 radical (unpaired) electrons. The van der Waals surface area contributed by atoms with E-state index in [0.717, 1.165) is 24.3 Å². The lowest BCUT2D eigenvalue weighted by molar-refractivity contribution is 0.0950. The van der Waals surface area contributed by atoms with Crippen LogP contribution in [0.4, 0.5) is 5.69 Å². The van der Waals surface area contributed by atoms with Gasteiger partial charge in [-0.25, -0.2) is 0 Å². The van der Waals surface area contributed by atoms with E-state index in [1.165, 1.54) is 18.4 Å². The molecule has 1 aromatic carbocycles. The third-order valence-corrected chi connectivity index (χ3v) is 4.58. The van der Waals surface area contributed by atoms with Crippen molar-refractivity contribution in [2.45, 2.75) is 33.2 Å². The minimum atomic E-state index is -0.0741. The highest BCUT2D eigenvalue weighted by molar-refractivity contribution is 5.94. The Morgan fingerprint density at radius 3 is 2.83 bits per heavy atom. The fraction of sp³-hybridized carbons (Fsp3) is 0.400. The number of hydrogen-bond acceptors (Lipinski definition) is 3. The SMILES string of the molecule is Cc1ccc(CNC(=O)c2cncc(N3CCCC(C)C3)c2)cc1. The van der Waals surface area contributed by atoms with Crippen molar-refractivity contribution in [3.63, 3.8) is 0 Å². The van der Waals surface area contributed by atoms with Gasteiger partial charge in [-0.3, -0.25) is 9.78 Å². The molecule has 1 N–H and O–H groups in total. The van der Waals surface area contributed by atoms with Gasteiger partial charge in [0.25, 0.3) is 5.91 Å². The van der Waals surface area contributed by atoms with Gasteiger partial charge in [-0.15, -0.1) is 0 Å². The number of piperidine rings is 1. The third kappa shape index (κ3) is 4.13. The van der Waals surface area contributed by atoms with Crippen LogP contribution in [0.15, 0.2) is 42.7 Å². The van der Waals surface area contributed by atoms with Crippen molar-refractivity contribution in [2.24, 2.45) is 5.92 Å². The van der Waals surface area contributed by atoms with Gasteiger partial charge in [0.2, 0.25) is 0 Å². The van der Waals surface area contributed by atoms with Gasteiger partial charge in [-0.1, -0.05) is 36.8 Å². The number of benzene rings is 1. The lowest BCUT2D eigenvalue weighted by atomic mass is 10.00. The number of nitrogens with zero attached hydrogens (tertiary/aromatic N) is 2. The summed E-state index contributed by atoms with van der Waals surface area (Å²) in [4.78, 5) is 19.0. The van der Waals surface area contributed by atoms with Crippen LogP contribution in [0.25, 0.3) is 0 Å². The molecule has 4 heteroatoms. The highest BCUT2D eigenvalue weighted by Gasteiger charge is 2.18.